The van der Waals surface area contributed by atoms with Crippen molar-refractivity contribution in [1.82, 2.24) is 20.2 Å². The van der Waals surface area contributed by atoms with E-state index in [1.165, 1.54) is 31.6 Å². The Labute approximate surface area is 178 Å². The first-order valence-electron chi connectivity index (χ1n) is 9.90. The van der Waals surface area contributed by atoms with Crippen molar-refractivity contribution in [1.29, 1.82) is 5.26 Å². The molecule has 0 spiro atoms. The van der Waals surface area contributed by atoms with Crippen LogP contribution in [-0.4, -0.2) is 39.4 Å². The minimum absolute atomic E-state index is 0.0421. The Balaban J connectivity index is 1.61. The second kappa shape index (κ2) is 8.97. The highest BCUT2D eigenvalue weighted by Gasteiger charge is 2.24. The van der Waals surface area contributed by atoms with E-state index in [0.717, 1.165) is 25.7 Å². The van der Waals surface area contributed by atoms with Gasteiger partial charge in [-0.05, 0) is 25.7 Å². The summed E-state index contributed by atoms with van der Waals surface area (Å²) in [7, 11) is 1.48. The van der Waals surface area contributed by atoms with Gasteiger partial charge in [-0.3, -0.25) is 5.10 Å². The molecule has 0 amide bonds. The molecule has 31 heavy (non-hydrogen) atoms. The number of hydrogen-bond acceptors (Lipinski definition) is 8. The second-order valence-electron chi connectivity index (χ2n) is 7.33. The number of rotatable bonds is 6. The van der Waals surface area contributed by atoms with Crippen LogP contribution in [-0.2, 0) is 0 Å². The Morgan fingerprint density at radius 1 is 1.13 bits per heavy atom. The molecule has 1 aromatic carbocycles. The van der Waals surface area contributed by atoms with E-state index in [4.69, 9.17) is 20.5 Å². The molecule has 4 N–H and O–H groups in total. The summed E-state index contributed by atoms with van der Waals surface area (Å²) in [4.78, 5) is 8.08. The lowest BCUT2D eigenvalue weighted by atomic mass is 9.93. The van der Waals surface area contributed by atoms with Crippen LogP contribution in [0.2, 0.25) is 0 Å². The predicted octanol–water partition coefficient (Wildman–Crippen LogP) is 3.28. The third-order valence-electron chi connectivity index (χ3n) is 5.13. The summed E-state index contributed by atoms with van der Waals surface area (Å²) in [5.41, 5.74) is 7.36. The van der Waals surface area contributed by atoms with Gasteiger partial charge in [-0.15, -0.1) is 0 Å². The number of aromatic amines is 1. The molecule has 0 atom stereocenters. The van der Waals surface area contributed by atoms with Crippen LogP contribution >= 0.6 is 0 Å². The lowest BCUT2D eigenvalue weighted by Gasteiger charge is -2.27. The van der Waals surface area contributed by atoms with E-state index in [0.29, 0.717) is 34.4 Å². The topological polar surface area (TPSA) is 135 Å². The zero-order chi connectivity index (χ0) is 21.8. The quantitative estimate of drug-likeness (QED) is 0.550. The number of methoxy groups -OCH3 is 1. The van der Waals surface area contributed by atoms with Gasteiger partial charge in [-0.25, -0.2) is 14.4 Å². The number of hydrogen-bond donors (Lipinski definition) is 3. The van der Waals surface area contributed by atoms with Gasteiger partial charge in [-0.1, -0.05) is 0 Å². The molecule has 3 aromatic rings. The number of aromatic nitrogens is 4. The van der Waals surface area contributed by atoms with Gasteiger partial charge < -0.3 is 20.5 Å². The average molecular weight is 423 g/mol. The van der Waals surface area contributed by atoms with Crippen LogP contribution in [0, 0.1) is 17.1 Å². The van der Waals surface area contributed by atoms with Crippen LogP contribution in [0.4, 0.5) is 16.0 Å². The van der Waals surface area contributed by atoms with E-state index in [2.05, 4.69) is 25.5 Å². The van der Waals surface area contributed by atoms with Crippen molar-refractivity contribution in [2.45, 2.75) is 37.8 Å². The molecule has 160 valence electrons. The maximum atomic E-state index is 14.2. The van der Waals surface area contributed by atoms with Gasteiger partial charge in [0.1, 0.15) is 29.2 Å². The van der Waals surface area contributed by atoms with E-state index in [9.17, 15) is 4.39 Å². The van der Waals surface area contributed by atoms with E-state index < -0.39 is 5.82 Å². The zero-order valence-corrected chi connectivity index (χ0v) is 16.9. The number of H-pyrrole nitrogens is 1. The monoisotopic (exact) mass is 423 g/mol. The average Bonchev–Trinajstić information content (AvgIpc) is 3.23. The molecule has 1 aliphatic rings. The Morgan fingerprint density at radius 2 is 1.90 bits per heavy atom. The number of nitrogens with two attached hydrogens (primary N) is 1. The van der Waals surface area contributed by atoms with Crippen molar-refractivity contribution in [3.05, 3.63) is 42.1 Å². The summed E-state index contributed by atoms with van der Waals surface area (Å²) < 4.78 is 25.8. The molecule has 9 nitrogen and oxygen atoms in total. The number of benzene rings is 1. The van der Waals surface area contributed by atoms with Crippen LogP contribution in [0.1, 0.15) is 31.4 Å². The highest BCUT2D eigenvalue weighted by atomic mass is 19.1. The number of nitrogens with zero attached hydrogens (tertiary/aromatic N) is 4. The van der Waals surface area contributed by atoms with Gasteiger partial charge in [-0.2, -0.15) is 10.4 Å². The third kappa shape index (κ3) is 4.73. The molecule has 0 aliphatic heterocycles. The molecule has 4 rings (SSSR count). The zero-order valence-electron chi connectivity index (χ0n) is 16.9. The first-order valence-corrected chi connectivity index (χ1v) is 9.90. The lowest BCUT2D eigenvalue weighted by molar-refractivity contribution is 0.147. The van der Waals surface area contributed by atoms with Gasteiger partial charge >= 0.3 is 0 Å². The normalized spacial score (nSPS) is 18.3. The van der Waals surface area contributed by atoms with Crippen molar-refractivity contribution in [2.24, 2.45) is 5.73 Å². The van der Waals surface area contributed by atoms with Crippen LogP contribution in [0.3, 0.4) is 0 Å². The molecule has 2 heterocycles. The van der Waals surface area contributed by atoms with Gasteiger partial charge in [0.05, 0.1) is 36.9 Å². The molecule has 1 aliphatic carbocycles. The van der Waals surface area contributed by atoms with Gasteiger partial charge in [0, 0.05) is 24.2 Å². The minimum atomic E-state index is -0.450. The summed E-state index contributed by atoms with van der Waals surface area (Å²) in [5.74, 6) is 1.16. The molecule has 0 unspecified atom stereocenters. The largest absolute Gasteiger partial charge is 0.496 e. The number of ether oxygens (including phenoxy) is 2. The Kier molecular flexibility index (Phi) is 5.95. The molecule has 0 saturated heterocycles. The van der Waals surface area contributed by atoms with Crippen LogP contribution in [0.5, 0.6) is 11.5 Å². The molecular formula is C21H22FN7O2. The molecule has 2 aromatic heterocycles. The molecule has 1 saturated carbocycles. The molecule has 0 radical (unpaired) electrons. The predicted molar refractivity (Wildman–Crippen MR) is 111 cm³/mol. The fourth-order valence-corrected chi connectivity index (χ4v) is 3.56. The van der Waals surface area contributed by atoms with E-state index in [1.807, 2.05) is 6.07 Å². The van der Waals surface area contributed by atoms with E-state index >= 15 is 0 Å². The minimum Gasteiger partial charge on any atom is -0.496 e. The highest BCUT2D eigenvalue weighted by Crippen LogP contribution is 2.40. The number of nitriles is 1. The smallest absolute Gasteiger partial charge is 0.158 e. The van der Waals surface area contributed by atoms with Crippen molar-refractivity contribution >= 4 is 11.6 Å². The van der Waals surface area contributed by atoms with Gasteiger partial charge in [0.25, 0.3) is 0 Å². The summed E-state index contributed by atoms with van der Waals surface area (Å²) in [6, 6.07) is 6.50. The van der Waals surface area contributed by atoms with Crippen molar-refractivity contribution in [2.75, 3.05) is 12.4 Å². The Bertz CT molecular complexity index is 1090. The number of anilines is 2. The molecule has 0 bridgehead atoms. The van der Waals surface area contributed by atoms with Gasteiger partial charge in [0.15, 0.2) is 11.5 Å². The Hall–Kier alpha value is -3.71. The fourth-order valence-electron chi connectivity index (χ4n) is 3.56. The standard InChI is InChI=1S/C21H22FN7O2/c1-30-17-6-12(22)7-18(31-15-4-2-13(24)3-5-15)21(17)16-8-19(29-28-16)27-20-11-25-14(9-23)10-26-20/h6-8,10-11,13,15H,2-5,24H2,1H3,(H2,26,27,28,29)/t13-,15-. The third-order valence-corrected chi connectivity index (χ3v) is 5.13. The first kappa shape index (κ1) is 20.6. The number of halogens is 1. The molecular weight excluding hydrogens is 401 g/mol. The van der Waals surface area contributed by atoms with Crippen molar-refractivity contribution < 1.29 is 13.9 Å². The fraction of sp³-hybridized carbons (Fsp3) is 0.333. The first-order chi connectivity index (χ1) is 15.1. The molecule has 1 fully saturated rings. The highest BCUT2D eigenvalue weighted by molar-refractivity contribution is 5.76. The lowest BCUT2D eigenvalue weighted by Crippen LogP contribution is -2.31. The summed E-state index contributed by atoms with van der Waals surface area (Å²) in [6.07, 6.45) is 6.12. The van der Waals surface area contributed by atoms with E-state index in [1.54, 1.807) is 6.07 Å². The van der Waals surface area contributed by atoms with Crippen molar-refractivity contribution in [3.63, 3.8) is 0 Å². The SMILES string of the molecule is COc1cc(F)cc(O[C@H]2CC[C@H](N)CC2)c1-c1cc(Nc2cnc(C#N)cn2)n[nH]1. The van der Waals surface area contributed by atoms with Crippen LogP contribution < -0.4 is 20.5 Å². The maximum absolute atomic E-state index is 14.2. The summed E-state index contributed by atoms with van der Waals surface area (Å²) >= 11 is 0. The van der Waals surface area contributed by atoms with Crippen molar-refractivity contribution in [3.8, 4) is 28.8 Å². The maximum Gasteiger partial charge on any atom is 0.158 e. The second-order valence-corrected chi connectivity index (χ2v) is 7.33. The molecule has 10 heteroatoms. The van der Waals surface area contributed by atoms with Gasteiger partial charge in [0.2, 0.25) is 0 Å². The summed E-state index contributed by atoms with van der Waals surface area (Å²) in [5, 5.41) is 19.0. The summed E-state index contributed by atoms with van der Waals surface area (Å²) in [6.45, 7) is 0. The van der Waals surface area contributed by atoms with Crippen LogP contribution in [0.25, 0.3) is 11.3 Å². The van der Waals surface area contributed by atoms with Crippen LogP contribution in [0.15, 0.2) is 30.6 Å². The number of nitrogens with one attached hydrogen (secondary N) is 2. The van der Waals surface area contributed by atoms with E-state index in [-0.39, 0.29) is 17.8 Å². The Morgan fingerprint density at radius 3 is 2.58 bits per heavy atom.